The van der Waals surface area contributed by atoms with Gasteiger partial charge in [-0.3, -0.25) is 5.10 Å². The molecule has 0 bridgehead atoms. The van der Waals surface area contributed by atoms with Crippen LogP contribution >= 0.6 is 0 Å². The smallest absolute Gasteiger partial charge is 0.0640 e. The van der Waals surface area contributed by atoms with Gasteiger partial charge in [-0.1, -0.05) is 20.8 Å². The van der Waals surface area contributed by atoms with E-state index < -0.39 is 0 Å². The van der Waals surface area contributed by atoms with E-state index >= 15 is 0 Å². The maximum absolute atomic E-state index is 4.24. The highest BCUT2D eigenvalue weighted by Crippen LogP contribution is 2.11. The molecule has 0 spiro atoms. The first kappa shape index (κ1) is 12.2. The van der Waals surface area contributed by atoms with Gasteiger partial charge in [-0.15, -0.1) is 0 Å². The molecule has 3 nitrogen and oxygen atoms in total. The lowest BCUT2D eigenvalue weighted by atomic mass is 9.96. The van der Waals surface area contributed by atoms with Crippen molar-refractivity contribution in [3.05, 3.63) is 17.5 Å². The van der Waals surface area contributed by atoms with Crippen LogP contribution in [0.5, 0.6) is 0 Å². The van der Waals surface area contributed by atoms with Crippen molar-refractivity contribution in [2.45, 2.75) is 47.1 Å². The molecule has 1 heterocycles. The number of nitrogens with one attached hydrogen (secondary N) is 2. The predicted octanol–water partition coefficient (Wildman–Crippen LogP) is 2.28. The number of aromatic amines is 1. The summed E-state index contributed by atoms with van der Waals surface area (Å²) in [6, 6.07) is 2.59. The highest BCUT2D eigenvalue weighted by Gasteiger charge is 2.12. The van der Waals surface area contributed by atoms with Crippen molar-refractivity contribution in [2.24, 2.45) is 5.41 Å². The van der Waals surface area contributed by atoms with Crippen molar-refractivity contribution in [1.29, 1.82) is 0 Å². The van der Waals surface area contributed by atoms with Crippen LogP contribution in [0.3, 0.4) is 0 Å². The van der Waals surface area contributed by atoms with E-state index in [4.69, 9.17) is 0 Å². The van der Waals surface area contributed by atoms with E-state index in [9.17, 15) is 0 Å². The van der Waals surface area contributed by atoms with Gasteiger partial charge in [-0.25, -0.2) is 0 Å². The standard InChI is InChI=1S/C12H23N3/c1-9(13-8-12(3,4)5)6-11-7-10(2)14-15-11/h7,9,13H,6,8H2,1-5H3,(H,14,15). The van der Waals surface area contributed by atoms with Crippen LogP contribution < -0.4 is 5.32 Å². The van der Waals surface area contributed by atoms with Crippen LogP contribution in [0.4, 0.5) is 0 Å². The lowest BCUT2D eigenvalue weighted by Crippen LogP contribution is -2.35. The van der Waals surface area contributed by atoms with Gasteiger partial charge in [0.15, 0.2) is 0 Å². The number of hydrogen-bond donors (Lipinski definition) is 2. The van der Waals surface area contributed by atoms with Gasteiger partial charge in [0.25, 0.3) is 0 Å². The summed E-state index contributed by atoms with van der Waals surface area (Å²) in [6.45, 7) is 12.0. The summed E-state index contributed by atoms with van der Waals surface area (Å²) < 4.78 is 0. The van der Waals surface area contributed by atoms with Crippen LogP contribution in [0, 0.1) is 12.3 Å². The lowest BCUT2D eigenvalue weighted by molar-refractivity contribution is 0.355. The molecule has 0 aromatic carbocycles. The van der Waals surface area contributed by atoms with Crippen LogP contribution in [0.1, 0.15) is 39.1 Å². The predicted molar refractivity (Wildman–Crippen MR) is 63.9 cm³/mol. The van der Waals surface area contributed by atoms with E-state index in [1.54, 1.807) is 0 Å². The summed E-state index contributed by atoms with van der Waals surface area (Å²) in [4.78, 5) is 0. The van der Waals surface area contributed by atoms with Crippen LogP contribution in [0.2, 0.25) is 0 Å². The van der Waals surface area contributed by atoms with Gasteiger partial charge in [-0.2, -0.15) is 5.10 Å². The van der Waals surface area contributed by atoms with E-state index in [1.807, 2.05) is 6.92 Å². The van der Waals surface area contributed by atoms with Gasteiger partial charge in [0.1, 0.15) is 0 Å². The molecule has 0 aliphatic carbocycles. The zero-order valence-corrected chi connectivity index (χ0v) is 10.5. The van der Waals surface area contributed by atoms with E-state index in [1.165, 1.54) is 0 Å². The second-order valence-electron chi connectivity index (χ2n) is 5.59. The third kappa shape index (κ3) is 4.98. The molecular formula is C12H23N3. The first-order chi connectivity index (χ1) is 6.87. The Morgan fingerprint density at radius 2 is 2.13 bits per heavy atom. The van der Waals surface area contributed by atoms with Gasteiger partial charge >= 0.3 is 0 Å². The lowest BCUT2D eigenvalue weighted by Gasteiger charge is -2.22. The second-order valence-corrected chi connectivity index (χ2v) is 5.59. The quantitative estimate of drug-likeness (QED) is 0.798. The monoisotopic (exact) mass is 209 g/mol. The Labute approximate surface area is 92.7 Å². The molecule has 1 aromatic heterocycles. The molecule has 0 fully saturated rings. The van der Waals surface area contributed by atoms with Crippen LogP contribution in [0.25, 0.3) is 0 Å². The molecule has 15 heavy (non-hydrogen) atoms. The Bertz CT molecular complexity index is 296. The Kier molecular flexibility index (Phi) is 3.91. The number of H-pyrrole nitrogens is 1. The van der Waals surface area contributed by atoms with E-state index in [0.717, 1.165) is 24.4 Å². The largest absolute Gasteiger partial charge is 0.313 e. The highest BCUT2D eigenvalue weighted by molar-refractivity contribution is 5.07. The fourth-order valence-corrected chi connectivity index (χ4v) is 1.45. The van der Waals surface area contributed by atoms with Crippen molar-refractivity contribution in [3.63, 3.8) is 0 Å². The van der Waals surface area contributed by atoms with Crippen molar-refractivity contribution in [3.8, 4) is 0 Å². The SMILES string of the molecule is Cc1cc(CC(C)NCC(C)(C)C)n[nH]1. The molecule has 0 aliphatic heterocycles. The van der Waals surface area contributed by atoms with Crippen LogP contribution in [-0.2, 0) is 6.42 Å². The molecule has 0 amide bonds. The third-order valence-corrected chi connectivity index (χ3v) is 2.26. The van der Waals surface area contributed by atoms with Crippen LogP contribution in [0.15, 0.2) is 6.07 Å². The average molecular weight is 209 g/mol. The summed E-state index contributed by atoms with van der Waals surface area (Å²) in [5.74, 6) is 0. The molecule has 1 rings (SSSR count). The fourth-order valence-electron chi connectivity index (χ4n) is 1.45. The average Bonchev–Trinajstić information content (AvgIpc) is 2.47. The molecule has 3 heteroatoms. The van der Waals surface area contributed by atoms with E-state index in [2.05, 4.69) is 49.3 Å². The minimum Gasteiger partial charge on any atom is -0.313 e. The van der Waals surface area contributed by atoms with Crippen molar-refractivity contribution < 1.29 is 0 Å². The summed E-state index contributed by atoms with van der Waals surface area (Å²) in [5, 5.41) is 10.7. The topological polar surface area (TPSA) is 40.7 Å². The number of aryl methyl sites for hydroxylation is 1. The molecule has 1 atom stereocenters. The second kappa shape index (κ2) is 4.79. The Balaban J connectivity index is 2.33. The van der Waals surface area contributed by atoms with Gasteiger partial charge in [0, 0.05) is 24.7 Å². The zero-order chi connectivity index (χ0) is 11.5. The highest BCUT2D eigenvalue weighted by atomic mass is 15.1. The van der Waals surface area contributed by atoms with Crippen molar-refractivity contribution in [2.75, 3.05) is 6.54 Å². The maximum atomic E-state index is 4.24. The minimum absolute atomic E-state index is 0.343. The molecule has 1 aromatic rings. The summed E-state index contributed by atoms with van der Waals surface area (Å²) in [5.41, 5.74) is 2.62. The minimum atomic E-state index is 0.343. The zero-order valence-electron chi connectivity index (χ0n) is 10.5. The van der Waals surface area contributed by atoms with Crippen molar-refractivity contribution >= 4 is 0 Å². The summed E-state index contributed by atoms with van der Waals surface area (Å²) in [6.07, 6.45) is 0.987. The van der Waals surface area contributed by atoms with Crippen LogP contribution in [-0.4, -0.2) is 22.8 Å². The maximum Gasteiger partial charge on any atom is 0.0640 e. The number of nitrogens with zero attached hydrogens (tertiary/aromatic N) is 1. The number of aromatic nitrogens is 2. The Morgan fingerprint density at radius 1 is 1.47 bits per heavy atom. The summed E-state index contributed by atoms with van der Waals surface area (Å²) >= 11 is 0. The van der Waals surface area contributed by atoms with E-state index in [-0.39, 0.29) is 0 Å². The molecule has 0 aliphatic rings. The molecular weight excluding hydrogens is 186 g/mol. The number of hydrogen-bond acceptors (Lipinski definition) is 2. The first-order valence-electron chi connectivity index (χ1n) is 5.61. The Morgan fingerprint density at radius 3 is 2.60 bits per heavy atom. The fraction of sp³-hybridized carbons (Fsp3) is 0.750. The molecule has 2 N–H and O–H groups in total. The van der Waals surface area contributed by atoms with Gasteiger partial charge in [0.05, 0.1) is 5.69 Å². The first-order valence-corrected chi connectivity index (χ1v) is 5.61. The molecule has 86 valence electrons. The molecule has 0 saturated heterocycles. The van der Waals surface area contributed by atoms with E-state index in [0.29, 0.717) is 11.5 Å². The van der Waals surface area contributed by atoms with Gasteiger partial charge < -0.3 is 5.32 Å². The summed E-state index contributed by atoms with van der Waals surface area (Å²) in [7, 11) is 0. The van der Waals surface area contributed by atoms with Crippen molar-refractivity contribution in [1.82, 2.24) is 15.5 Å². The molecule has 0 saturated carbocycles. The van der Waals surface area contributed by atoms with Gasteiger partial charge in [0.2, 0.25) is 0 Å². The Hall–Kier alpha value is -0.830. The normalized spacial score (nSPS) is 14.2. The van der Waals surface area contributed by atoms with Gasteiger partial charge in [-0.05, 0) is 25.3 Å². The molecule has 1 unspecified atom stereocenters. The third-order valence-electron chi connectivity index (χ3n) is 2.26. The molecule has 0 radical (unpaired) electrons. The number of rotatable bonds is 4.